The molecule has 0 spiro atoms. The van der Waals surface area contributed by atoms with Crippen LogP contribution in [-0.4, -0.2) is 27.1 Å². The first-order valence-electron chi connectivity index (χ1n) is 19.6. The predicted octanol–water partition coefficient (Wildman–Crippen LogP) is 10.4. The van der Waals surface area contributed by atoms with E-state index >= 15 is 0 Å². The van der Waals surface area contributed by atoms with Crippen LogP contribution < -0.4 is 19.4 Å². The molecule has 0 N–H and O–H groups in total. The third-order valence-corrected chi connectivity index (χ3v) is 35.2. The molecule has 0 amide bonds. The number of benzene rings is 3. The Balaban J connectivity index is 1.92. The summed E-state index contributed by atoms with van der Waals surface area (Å²) < 4.78 is 5.14. The first kappa shape index (κ1) is 40.2. The summed E-state index contributed by atoms with van der Waals surface area (Å²) in [6.45, 7) is 39.5. The average Bonchev–Trinajstić information content (AvgIpc) is 3.30. The maximum atomic E-state index is 2.85. The molecule has 2 unspecified atom stereocenters. The SMILES string of the molecule is CC1=C(C)C(C)([SiH2]c2ccc(C)c(C)c2)C(C)=[C]1[Ti]([CH3])([CH3])([CH3])([C]1=C(C)C(C)([SiH2]c2ccc(C)c(C)c2)C(C)=C1C)[c]1cc(C)cc([Si](C)(C)C)c1. The van der Waals surface area contributed by atoms with Gasteiger partial charge in [0.15, 0.2) is 0 Å². The second-order valence-electron chi connectivity index (χ2n) is 20.8. The van der Waals surface area contributed by atoms with E-state index in [0.717, 1.165) is 0 Å². The molecule has 0 heterocycles. The van der Waals surface area contributed by atoms with Gasteiger partial charge in [0.2, 0.25) is 0 Å². The van der Waals surface area contributed by atoms with Gasteiger partial charge in [0.05, 0.1) is 0 Å². The number of hydrogen-bond donors (Lipinski definition) is 0. The molecule has 0 aliphatic heterocycles. The molecule has 0 bridgehead atoms. The van der Waals surface area contributed by atoms with Crippen LogP contribution in [0.5, 0.6) is 0 Å². The molecule has 0 saturated heterocycles. The first-order chi connectivity index (χ1) is 23.1. The molecule has 0 aromatic heterocycles. The first-order valence-corrected chi connectivity index (χ1v) is 33.0. The van der Waals surface area contributed by atoms with Crippen molar-refractivity contribution in [3.05, 3.63) is 124 Å². The van der Waals surface area contributed by atoms with E-state index in [4.69, 9.17) is 0 Å². The monoisotopic (exact) mass is 766 g/mol. The van der Waals surface area contributed by atoms with Crippen molar-refractivity contribution in [1.82, 2.24) is 0 Å². The molecule has 2 aliphatic rings. The van der Waals surface area contributed by atoms with Gasteiger partial charge in [-0.1, -0.05) is 0 Å². The van der Waals surface area contributed by atoms with Crippen LogP contribution in [0.3, 0.4) is 0 Å². The minimum absolute atomic E-state index is 0.0995. The third kappa shape index (κ3) is 6.01. The van der Waals surface area contributed by atoms with E-state index in [1.54, 1.807) is 60.6 Å². The zero-order valence-electron chi connectivity index (χ0n) is 36.1. The second kappa shape index (κ2) is 12.3. The molecule has 5 rings (SSSR count). The van der Waals surface area contributed by atoms with Gasteiger partial charge in [0.25, 0.3) is 0 Å². The summed E-state index contributed by atoms with van der Waals surface area (Å²) in [5.74, 6) is 0. The van der Waals surface area contributed by atoms with Gasteiger partial charge < -0.3 is 0 Å². The summed E-state index contributed by atoms with van der Waals surface area (Å²) in [6, 6.07) is 22.5. The van der Waals surface area contributed by atoms with Crippen LogP contribution >= 0.6 is 0 Å². The molecular weight excluding hydrogens is 697 g/mol. The van der Waals surface area contributed by atoms with Crippen molar-refractivity contribution in [2.45, 2.75) is 135 Å². The maximum absolute atomic E-state index is 4.76. The Kier molecular flexibility index (Phi) is 9.65. The Labute approximate surface area is 317 Å². The second-order valence-corrected chi connectivity index (χ2v) is 46.4. The summed E-state index contributed by atoms with van der Waals surface area (Å²) in [5.41, 5.74) is 16.8. The molecular formula is C47H70Si3Ti. The van der Waals surface area contributed by atoms with Crippen molar-refractivity contribution in [2.24, 2.45) is 0 Å². The molecule has 0 radical (unpaired) electrons. The summed E-state index contributed by atoms with van der Waals surface area (Å²) >= 11 is -4.76. The van der Waals surface area contributed by atoms with Crippen molar-refractivity contribution in [3.8, 4) is 0 Å². The zero-order valence-corrected chi connectivity index (χ0v) is 41.5. The fourth-order valence-corrected chi connectivity index (χ4v) is 32.7. The fourth-order valence-electron chi connectivity index (χ4n) is 11.3. The van der Waals surface area contributed by atoms with Gasteiger partial charge in [-0.05, 0) is 0 Å². The number of hydrogen-bond acceptors (Lipinski definition) is 0. The van der Waals surface area contributed by atoms with Gasteiger partial charge in [-0.15, -0.1) is 0 Å². The summed E-state index contributed by atoms with van der Waals surface area (Å²) in [6.07, 6.45) is 0. The Morgan fingerprint density at radius 1 is 0.490 bits per heavy atom. The van der Waals surface area contributed by atoms with Gasteiger partial charge in [0.1, 0.15) is 0 Å². The van der Waals surface area contributed by atoms with Crippen LogP contribution in [0.15, 0.2) is 95.8 Å². The molecule has 274 valence electrons. The van der Waals surface area contributed by atoms with Crippen LogP contribution in [0, 0.1) is 34.6 Å². The van der Waals surface area contributed by atoms with E-state index < -0.39 is 41.1 Å². The molecule has 0 saturated carbocycles. The van der Waals surface area contributed by atoms with Crippen molar-refractivity contribution in [2.75, 3.05) is 0 Å². The van der Waals surface area contributed by atoms with E-state index in [2.05, 4.69) is 180 Å². The van der Waals surface area contributed by atoms with E-state index in [9.17, 15) is 0 Å². The molecule has 0 fully saturated rings. The fraction of sp³-hybridized carbons (Fsp3) is 0.447. The van der Waals surface area contributed by atoms with E-state index in [1.165, 1.54) is 27.8 Å². The topological polar surface area (TPSA) is 0 Å². The molecule has 2 atom stereocenters. The van der Waals surface area contributed by atoms with Gasteiger partial charge in [-0.2, -0.15) is 0 Å². The summed E-state index contributed by atoms with van der Waals surface area (Å²) in [7, 11) is -2.97. The quantitative estimate of drug-likeness (QED) is 0.200. The standard InChI is InChI=1S/2C17H23Si.C10H15Si.3CH3.Ti/c2*1-11-7-8-16(10-12(11)2)18-17(6)14(4)9-13(3)15(17)5;1-9-6-5-7-10(8-9)11(2,3)4;;;;/h2*7-8,10H,18H2,1-6H3;6-8H,1-4H3;3*1H3;. The van der Waals surface area contributed by atoms with Gasteiger partial charge in [0, 0.05) is 0 Å². The number of aryl methyl sites for hydroxylation is 5. The van der Waals surface area contributed by atoms with Crippen molar-refractivity contribution in [1.29, 1.82) is 0 Å². The van der Waals surface area contributed by atoms with Crippen LogP contribution in [0.2, 0.25) is 45.4 Å². The van der Waals surface area contributed by atoms with Crippen molar-refractivity contribution in [3.63, 3.8) is 0 Å². The van der Waals surface area contributed by atoms with Crippen LogP contribution in [-0.2, 0) is 14.0 Å². The molecule has 3 aromatic carbocycles. The predicted molar refractivity (Wildman–Crippen MR) is 238 cm³/mol. The average molecular weight is 767 g/mol. The van der Waals surface area contributed by atoms with Crippen molar-refractivity contribution >= 4 is 46.5 Å². The Morgan fingerprint density at radius 2 is 0.882 bits per heavy atom. The van der Waals surface area contributed by atoms with Crippen molar-refractivity contribution < 1.29 is 14.0 Å². The Hall–Kier alpha value is -2.02. The summed E-state index contributed by atoms with van der Waals surface area (Å²) in [5, 5.41) is 13.5. The summed E-state index contributed by atoms with van der Waals surface area (Å²) in [4.78, 5) is 0. The molecule has 0 nitrogen and oxygen atoms in total. The molecule has 4 heteroatoms. The molecule has 3 aromatic rings. The van der Waals surface area contributed by atoms with Crippen LogP contribution in [0.25, 0.3) is 0 Å². The normalized spacial score (nSPS) is 23.6. The van der Waals surface area contributed by atoms with E-state index in [1.807, 2.05) is 0 Å². The Morgan fingerprint density at radius 3 is 1.24 bits per heavy atom. The van der Waals surface area contributed by atoms with E-state index in [-0.39, 0.29) is 10.1 Å². The van der Waals surface area contributed by atoms with Gasteiger partial charge in [-0.3, -0.25) is 0 Å². The van der Waals surface area contributed by atoms with E-state index in [0.29, 0.717) is 0 Å². The number of rotatable bonds is 8. The number of allylic oxidation sites excluding steroid dienone is 8. The van der Waals surface area contributed by atoms with Crippen LogP contribution in [0.4, 0.5) is 0 Å². The molecule has 51 heavy (non-hydrogen) atoms. The zero-order chi connectivity index (χ0) is 38.5. The van der Waals surface area contributed by atoms with Gasteiger partial charge >= 0.3 is 320 Å². The third-order valence-electron chi connectivity index (χ3n) is 15.3. The van der Waals surface area contributed by atoms with Crippen LogP contribution in [0.1, 0.15) is 83.2 Å². The van der Waals surface area contributed by atoms with Gasteiger partial charge in [-0.25, -0.2) is 0 Å². The molecule has 2 aliphatic carbocycles. The minimum atomic E-state index is -4.76. The Bertz CT molecular complexity index is 2020.